The molecule has 0 aromatic heterocycles. The molecule has 0 fully saturated rings. The minimum Gasteiger partial charge on any atom is -0.466 e. The van der Waals surface area contributed by atoms with Crippen LogP contribution in [-0.2, 0) is 9.53 Å². The van der Waals surface area contributed by atoms with Crippen molar-refractivity contribution in [3.05, 3.63) is 0 Å². The van der Waals surface area contributed by atoms with Crippen LogP contribution in [0.2, 0.25) is 0 Å². The van der Waals surface area contributed by atoms with Gasteiger partial charge in [0.05, 0.1) is 13.0 Å². The highest BCUT2D eigenvalue weighted by Crippen LogP contribution is 2.20. The molecule has 0 aliphatic heterocycles. The average Bonchev–Trinajstić information content (AvgIpc) is 2.17. The Labute approximate surface area is 106 Å². The van der Waals surface area contributed by atoms with Crippen molar-refractivity contribution in [1.29, 1.82) is 0 Å². The summed E-state index contributed by atoms with van der Waals surface area (Å²) in [6.45, 7) is 8.13. The number of carbonyl (C=O) groups is 1. The van der Waals surface area contributed by atoms with Gasteiger partial charge in [0.1, 0.15) is 0 Å². The van der Waals surface area contributed by atoms with Gasteiger partial charge in [-0.2, -0.15) is 0 Å². The van der Waals surface area contributed by atoms with Crippen LogP contribution in [0.15, 0.2) is 4.99 Å². The molecule has 17 heavy (non-hydrogen) atoms. The third-order valence-corrected chi connectivity index (χ3v) is 2.47. The van der Waals surface area contributed by atoms with Crippen LogP contribution >= 0.6 is 0 Å². The van der Waals surface area contributed by atoms with Crippen LogP contribution in [0.25, 0.3) is 0 Å². The Hall–Kier alpha value is -0.900. The molecule has 0 aliphatic rings. The van der Waals surface area contributed by atoms with Crippen LogP contribution in [0.3, 0.4) is 0 Å². The van der Waals surface area contributed by atoms with Gasteiger partial charge in [0.2, 0.25) is 0 Å². The fraction of sp³-hybridized carbons (Fsp3) is 0.846. The maximum Gasteiger partial charge on any atom is 0.306 e. The van der Waals surface area contributed by atoms with Crippen LogP contribution in [0, 0.1) is 5.41 Å². The van der Waals surface area contributed by atoms with Gasteiger partial charge in [-0.15, -0.1) is 0 Å². The molecule has 102 valence electrons. The number of esters is 1. The second kappa shape index (κ2) is 9.16. The van der Waals surface area contributed by atoms with Crippen LogP contribution < -0.4 is 0 Å². The zero-order valence-corrected chi connectivity index (χ0v) is 11.1. The van der Waals surface area contributed by atoms with E-state index in [-0.39, 0.29) is 18.8 Å². The van der Waals surface area contributed by atoms with Crippen LogP contribution in [0.1, 0.15) is 34.6 Å². The molecule has 0 amide bonds. The lowest BCUT2D eigenvalue weighted by molar-refractivity contribution is -0.144. The number of rotatable bonds is 7. The molecule has 0 N–H and O–H groups in total. The Morgan fingerprint density at radius 1 is 1.47 bits per heavy atom. The second-order valence-electron chi connectivity index (χ2n) is 4.35. The number of hydrogen-bond acceptors (Lipinski definition) is 4. The molecule has 0 rings (SSSR count). The van der Waals surface area contributed by atoms with E-state index in [1.54, 1.807) is 7.05 Å². The molecule has 0 saturated carbocycles. The summed E-state index contributed by atoms with van der Waals surface area (Å²) < 4.78 is 4.98. The fourth-order valence-corrected chi connectivity index (χ4v) is 1.72. The Morgan fingerprint density at radius 2 is 2.06 bits per heavy atom. The summed E-state index contributed by atoms with van der Waals surface area (Å²) in [7, 11) is 3.77. The quantitative estimate of drug-likeness (QED) is 0.509. The summed E-state index contributed by atoms with van der Waals surface area (Å²) in [5.74, 6) is -0.158. The lowest BCUT2D eigenvalue weighted by atomic mass is 9.87. The Balaban J connectivity index is 0. The summed E-state index contributed by atoms with van der Waals surface area (Å²) in [5, 5.41) is 0. The van der Waals surface area contributed by atoms with E-state index in [9.17, 15) is 4.79 Å². The largest absolute Gasteiger partial charge is 0.466 e. The number of nitrogens with zero attached hydrogens (tertiary/aromatic N) is 2. The van der Waals surface area contributed by atoms with Gasteiger partial charge in [0, 0.05) is 25.2 Å². The Morgan fingerprint density at radius 3 is 2.47 bits per heavy atom. The maximum absolute atomic E-state index is 11.5. The van der Waals surface area contributed by atoms with Gasteiger partial charge in [0.15, 0.2) is 0 Å². The first-order chi connectivity index (χ1) is 7.47. The van der Waals surface area contributed by atoms with Crippen molar-refractivity contribution in [3.63, 3.8) is 0 Å². The summed E-state index contributed by atoms with van der Waals surface area (Å²) in [4.78, 5) is 17.7. The highest BCUT2D eigenvalue weighted by atomic mass is 16.5. The molecule has 0 heterocycles. The normalized spacial score (nSPS) is 14.5. The lowest BCUT2D eigenvalue weighted by Crippen LogP contribution is -2.36. The first-order valence-electron chi connectivity index (χ1n) is 5.75. The van der Waals surface area contributed by atoms with E-state index < -0.39 is 0 Å². The van der Waals surface area contributed by atoms with Crippen molar-refractivity contribution in [1.82, 2.24) is 4.90 Å². The van der Waals surface area contributed by atoms with E-state index in [0.717, 1.165) is 13.1 Å². The van der Waals surface area contributed by atoms with Crippen molar-refractivity contribution < 1.29 is 9.53 Å². The van der Waals surface area contributed by atoms with Gasteiger partial charge in [-0.05, 0) is 20.5 Å². The van der Waals surface area contributed by atoms with Gasteiger partial charge in [0.25, 0.3) is 0 Å². The topological polar surface area (TPSA) is 41.9 Å². The molecule has 4 heteroatoms. The van der Waals surface area contributed by atoms with Crippen molar-refractivity contribution >= 4 is 12.2 Å². The van der Waals surface area contributed by atoms with Crippen molar-refractivity contribution in [3.8, 4) is 0 Å². The molecule has 0 bridgehead atoms. The monoisotopic (exact) mass is 244 g/mol. The van der Waals surface area contributed by atoms with Gasteiger partial charge in [-0.3, -0.25) is 4.79 Å². The van der Waals surface area contributed by atoms with E-state index in [1.807, 2.05) is 27.1 Å². The van der Waals surface area contributed by atoms with E-state index in [2.05, 4.69) is 16.8 Å². The summed E-state index contributed by atoms with van der Waals surface area (Å²) in [5.41, 5.74) is -0.244. The summed E-state index contributed by atoms with van der Waals surface area (Å²) >= 11 is 0. The molecule has 0 aromatic rings. The van der Waals surface area contributed by atoms with Crippen molar-refractivity contribution in [2.45, 2.75) is 34.6 Å². The predicted octanol–water partition coefficient (Wildman–Crippen LogP) is 2.23. The van der Waals surface area contributed by atoms with Gasteiger partial charge in [-0.25, -0.2) is 0 Å². The van der Waals surface area contributed by atoms with E-state index >= 15 is 0 Å². The highest BCUT2D eigenvalue weighted by Gasteiger charge is 2.27. The van der Waals surface area contributed by atoms with E-state index in [4.69, 9.17) is 4.74 Å². The SMILES string of the molecule is C.CCOC(=O)CC(C)(C=NC)CN(C)CC. The number of ether oxygens (including phenoxy) is 1. The molecule has 0 radical (unpaired) electrons. The standard InChI is InChI=1S/C12H24N2O2.CH4/c1-6-14(5)10-12(3,9-13-4)8-11(15)16-7-2;/h9H,6-8,10H2,1-5H3;1H4. The lowest BCUT2D eigenvalue weighted by Gasteiger charge is -2.29. The number of aliphatic imine (C=N–C) groups is 1. The first kappa shape index (κ1) is 18.5. The molecule has 1 atom stereocenters. The summed E-state index contributed by atoms with van der Waals surface area (Å²) in [6.07, 6.45) is 2.22. The van der Waals surface area contributed by atoms with Gasteiger partial charge in [-0.1, -0.05) is 21.3 Å². The Bertz CT molecular complexity index is 242. The number of carbonyl (C=O) groups excluding carboxylic acids is 1. The van der Waals surface area contributed by atoms with Crippen LogP contribution in [0.4, 0.5) is 0 Å². The average molecular weight is 244 g/mol. The minimum absolute atomic E-state index is 0. The predicted molar refractivity (Wildman–Crippen MR) is 73.7 cm³/mol. The molecular formula is C13H28N2O2. The van der Waals surface area contributed by atoms with Gasteiger partial charge >= 0.3 is 5.97 Å². The van der Waals surface area contributed by atoms with Crippen molar-refractivity contribution in [2.24, 2.45) is 10.4 Å². The van der Waals surface area contributed by atoms with Crippen molar-refractivity contribution in [2.75, 3.05) is 33.8 Å². The third-order valence-electron chi connectivity index (χ3n) is 2.47. The maximum atomic E-state index is 11.5. The molecule has 0 spiro atoms. The van der Waals surface area contributed by atoms with Crippen LogP contribution in [-0.4, -0.2) is 50.9 Å². The molecule has 0 aliphatic carbocycles. The Kier molecular flexibility index (Phi) is 9.95. The molecule has 1 unspecified atom stereocenters. The molecular weight excluding hydrogens is 216 g/mol. The zero-order chi connectivity index (χ0) is 12.6. The van der Waals surface area contributed by atoms with Gasteiger partial charge < -0.3 is 14.6 Å². The minimum atomic E-state index is -0.244. The second-order valence-corrected chi connectivity index (χ2v) is 4.35. The van der Waals surface area contributed by atoms with E-state index in [1.165, 1.54) is 0 Å². The fourth-order valence-electron chi connectivity index (χ4n) is 1.72. The highest BCUT2D eigenvalue weighted by molar-refractivity contribution is 5.77. The smallest absolute Gasteiger partial charge is 0.306 e. The molecule has 4 nitrogen and oxygen atoms in total. The zero-order valence-electron chi connectivity index (χ0n) is 11.1. The molecule has 0 aromatic carbocycles. The third kappa shape index (κ3) is 7.91. The first-order valence-corrected chi connectivity index (χ1v) is 5.75. The van der Waals surface area contributed by atoms with E-state index in [0.29, 0.717) is 13.0 Å². The molecule has 0 saturated heterocycles. The number of hydrogen-bond donors (Lipinski definition) is 0. The summed E-state index contributed by atoms with van der Waals surface area (Å²) in [6, 6.07) is 0. The van der Waals surface area contributed by atoms with Crippen LogP contribution in [0.5, 0.6) is 0 Å².